The van der Waals surface area contributed by atoms with Crippen LogP contribution in [0, 0.1) is 5.82 Å². The van der Waals surface area contributed by atoms with Crippen LogP contribution in [0.5, 0.6) is 0 Å². The van der Waals surface area contributed by atoms with E-state index in [-0.39, 0.29) is 18.1 Å². The second kappa shape index (κ2) is 6.87. The molecule has 0 bridgehead atoms. The van der Waals surface area contributed by atoms with Crippen molar-refractivity contribution >= 4 is 17.3 Å². The predicted molar refractivity (Wildman–Crippen MR) is 93.6 cm³/mol. The Bertz CT molecular complexity index is 1090. The quantitative estimate of drug-likeness (QED) is 0.734. The molecule has 4 rings (SSSR count). The van der Waals surface area contributed by atoms with Gasteiger partial charge in [0.25, 0.3) is 5.91 Å². The number of oxime groups is 1. The smallest absolute Gasteiger partial charge is 0.382 e. The second-order valence-corrected chi connectivity index (χ2v) is 5.86. The number of aromatic nitrogens is 2. The fourth-order valence-electron chi connectivity index (χ4n) is 2.68. The molecule has 1 amide bonds. The topological polar surface area (TPSA) is 110 Å². The van der Waals surface area contributed by atoms with Gasteiger partial charge in [-0.2, -0.15) is 0 Å². The van der Waals surface area contributed by atoms with Crippen molar-refractivity contribution in [2.75, 3.05) is 5.32 Å². The number of amides is 1. The molecule has 1 atom stereocenters. The highest BCUT2D eigenvalue weighted by Gasteiger charge is 2.29. The molecule has 1 aliphatic heterocycles. The average Bonchev–Trinajstić information content (AvgIpc) is 3.31. The third kappa shape index (κ3) is 3.61. The summed E-state index contributed by atoms with van der Waals surface area (Å²) in [5, 5.41) is 10.2. The van der Waals surface area contributed by atoms with Crippen LogP contribution in [-0.4, -0.2) is 27.9 Å². The Labute approximate surface area is 151 Å². The number of nitrogens with zero attached hydrogens (tertiary/aromatic N) is 2. The summed E-state index contributed by atoms with van der Waals surface area (Å²) in [6.07, 6.45) is -0.593. The van der Waals surface area contributed by atoms with Crippen molar-refractivity contribution in [2.24, 2.45) is 5.16 Å². The van der Waals surface area contributed by atoms with Crippen molar-refractivity contribution in [1.82, 2.24) is 10.1 Å². The summed E-state index contributed by atoms with van der Waals surface area (Å²) in [7, 11) is 0. The molecule has 8 nitrogen and oxygen atoms in total. The highest BCUT2D eigenvalue weighted by Crippen LogP contribution is 2.21. The summed E-state index contributed by atoms with van der Waals surface area (Å²) < 4.78 is 17.8. The molecule has 2 N–H and O–H groups in total. The predicted octanol–water partition coefficient (Wildman–Crippen LogP) is 2.30. The van der Waals surface area contributed by atoms with Crippen molar-refractivity contribution in [2.45, 2.75) is 12.5 Å². The first-order valence-corrected chi connectivity index (χ1v) is 8.04. The van der Waals surface area contributed by atoms with Gasteiger partial charge in [-0.15, -0.1) is 0 Å². The van der Waals surface area contributed by atoms with Crippen molar-refractivity contribution in [1.29, 1.82) is 0 Å². The number of halogens is 1. The van der Waals surface area contributed by atoms with Crippen molar-refractivity contribution < 1.29 is 18.5 Å². The molecule has 0 spiro atoms. The maximum absolute atomic E-state index is 13.3. The van der Waals surface area contributed by atoms with Gasteiger partial charge in [0.05, 0.1) is 5.71 Å². The number of rotatable bonds is 4. The van der Waals surface area contributed by atoms with E-state index >= 15 is 0 Å². The van der Waals surface area contributed by atoms with Crippen LogP contribution in [-0.2, 0) is 9.63 Å². The molecular formula is C18H13FN4O4. The molecule has 136 valence electrons. The van der Waals surface area contributed by atoms with Crippen molar-refractivity contribution in [3.63, 3.8) is 0 Å². The van der Waals surface area contributed by atoms with E-state index in [9.17, 15) is 14.0 Å². The number of aromatic amines is 1. The Morgan fingerprint density at radius 3 is 2.78 bits per heavy atom. The SMILES string of the molecule is O=C(Nc1cccc(-c2noc(=O)[nH]2)c1)C1CC(c2cccc(F)c2)=NO1. The number of nitrogens with one attached hydrogen (secondary N) is 2. The van der Waals surface area contributed by atoms with E-state index in [1.54, 1.807) is 36.4 Å². The number of H-pyrrole nitrogens is 1. The van der Waals surface area contributed by atoms with E-state index in [1.807, 2.05) is 0 Å². The lowest BCUT2D eigenvalue weighted by molar-refractivity contribution is -0.125. The minimum absolute atomic E-state index is 0.228. The van der Waals surface area contributed by atoms with Crippen LogP contribution >= 0.6 is 0 Å². The zero-order valence-electron chi connectivity index (χ0n) is 13.8. The highest BCUT2D eigenvalue weighted by atomic mass is 19.1. The van der Waals surface area contributed by atoms with Crippen LogP contribution < -0.4 is 11.1 Å². The highest BCUT2D eigenvalue weighted by molar-refractivity contribution is 6.06. The van der Waals surface area contributed by atoms with Gasteiger partial charge in [0, 0.05) is 23.2 Å². The van der Waals surface area contributed by atoms with Crippen LogP contribution in [0.4, 0.5) is 10.1 Å². The third-order valence-electron chi connectivity index (χ3n) is 3.96. The van der Waals surface area contributed by atoms with E-state index in [0.717, 1.165) is 0 Å². The van der Waals surface area contributed by atoms with Gasteiger partial charge in [0.2, 0.25) is 6.10 Å². The van der Waals surface area contributed by atoms with Gasteiger partial charge in [0.1, 0.15) is 5.82 Å². The van der Waals surface area contributed by atoms with Gasteiger partial charge in [-0.25, -0.2) is 9.18 Å². The fourth-order valence-corrected chi connectivity index (χ4v) is 2.68. The third-order valence-corrected chi connectivity index (χ3v) is 3.96. The van der Waals surface area contributed by atoms with E-state index in [4.69, 9.17) is 4.84 Å². The normalized spacial score (nSPS) is 15.9. The molecule has 27 heavy (non-hydrogen) atoms. The Balaban J connectivity index is 1.44. The molecule has 2 aromatic carbocycles. The minimum atomic E-state index is -0.821. The molecule has 1 unspecified atom stereocenters. The second-order valence-electron chi connectivity index (χ2n) is 5.86. The summed E-state index contributed by atoms with van der Waals surface area (Å²) in [5.74, 6) is -1.19. The van der Waals surface area contributed by atoms with Crippen LogP contribution in [0.3, 0.4) is 0 Å². The van der Waals surface area contributed by atoms with E-state index < -0.39 is 17.8 Å². The van der Waals surface area contributed by atoms with Crippen LogP contribution in [0.25, 0.3) is 11.4 Å². The van der Waals surface area contributed by atoms with Gasteiger partial charge in [-0.1, -0.05) is 34.6 Å². The Morgan fingerprint density at radius 1 is 1.19 bits per heavy atom. The first-order chi connectivity index (χ1) is 13.1. The van der Waals surface area contributed by atoms with Crippen LogP contribution in [0.2, 0.25) is 0 Å². The van der Waals surface area contributed by atoms with E-state index in [0.29, 0.717) is 22.5 Å². The zero-order chi connectivity index (χ0) is 18.8. The lowest BCUT2D eigenvalue weighted by Gasteiger charge is -2.10. The van der Waals surface area contributed by atoms with Crippen molar-refractivity contribution in [3.8, 4) is 11.4 Å². The molecule has 2 heterocycles. The fraction of sp³-hybridized carbons (Fsp3) is 0.111. The maximum Gasteiger partial charge on any atom is 0.439 e. The zero-order valence-corrected chi connectivity index (χ0v) is 13.8. The molecule has 0 saturated carbocycles. The number of hydrogen-bond donors (Lipinski definition) is 2. The van der Waals surface area contributed by atoms with E-state index in [2.05, 4.69) is 25.1 Å². The molecular weight excluding hydrogens is 355 g/mol. The molecule has 1 aliphatic rings. The largest absolute Gasteiger partial charge is 0.439 e. The number of anilines is 1. The van der Waals surface area contributed by atoms with Gasteiger partial charge in [0.15, 0.2) is 5.82 Å². The lowest BCUT2D eigenvalue weighted by Crippen LogP contribution is -2.28. The molecule has 0 aliphatic carbocycles. The van der Waals surface area contributed by atoms with E-state index in [1.165, 1.54) is 12.1 Å². The standard InChI is InChI=1S/C18H13FN4O4/c19-12-5-1-3-10(7-12)14-9-15(26-22-14)17(24)20-13-6-2-4-11(8-13)16-21-18(25)27-23-16/h1-8,15H,9H2,(H,20,24)(H,21,23,25). The summed E-state index contributed by atoms with van der Waals surface area (Å²) in [6.45, 7) is 0. The number of carbonyl (C=O) groups excluding carboxylic acids is 1. The van der Waals surface area contributed by atoms with Gasteiger partial charge in [-0.3, -0.25) is 14.3 Å². The monoisotopic (exact) mass is 368 g/mol. The summed E-state index contributed by atoms with van der Waals surface area (Å²) in [6, 6.07) is 12.7. The summed E-state index contributed by atoms with van der Waals surface area (Å²) in [4.78, 5) is 31.1. The summed E-state index contributed by atoms with van der Waals surface area (Å²) >= 11 is 0. The Morgan fingerprint density at radius 2 is 2.00 bits per heavy atom. The number of benzene rings is 2. The number of hydrogen-bond acceptors (Lipinski definition) is 6. The molecule has 3 aromatic rings. The Hall–Kier alpha value is -3.75. The van der Waals surface area contributed by atoms with Crippen LogP contribution in [0.15, 0.2) is 63.0 Å². The first kappa shape index (κ1) is 16.7. The molecule has 0 saturated heterocycles. The number of carbonyl (C=O) groups is 1. The van der Waals surface area contributed by atoms with Crippen LogP contribution in [0.1, 0.15) is 12.0 Å². The molecule has 1 aromatic heterocycles. The van der Waals surface area contributed by atoms with Gasteiger partial charge in [-0.05, 0) is 24.3 Å². The van der Waals surface area contributed by atoms with Gasteiger partial charge < -0.3 is 10.2 Å². The van der Waals surface area contributed by atoms with Gasteiger partial charge >= 0.3 is 5.76 Å². The minimum Gasteiger partial charge on any atom is -0.382 e. The molecule has 9 heteroatoms. The molecule has 0 radical (unpaired) electrons. The lowest BCUT2D eigenvalue weighted by atomic mass is 10.0. The molecule has 0 fully saturated rings. The average molecular weight is 368 g/mol. The summed E-state index contributed by atoms with van der Waals surface area (Å²) in [5.41, 5.74) is 2.14. The van der Waals surface area contributed by atoms with Crippen molar-refractivity contribution in [3.05, 3.63) is 70.5 Å². The maximum atomic E-state index is 13.3. The first-order valence-electron chi connectivity index (χ1n) is 8.04. The Kier molecular flexibility index (Phi) is 4.25.